The van der Waals surface area contributed by atoms with Crippen LogP contribution in [0.5, 0.6) is 0 Å². The van der Waals surface area contributed by atoms with Gasteiger partial charge in [0.15, 0.2) is 10.8 Å². The molecular formula is C14H17ClN4O2. The van der Waals surface area contributed by atoms with Crippen molar-refractivity contribution in [1.29, 1.82) is 0 Å². The molecule has 1 aliphatic rings. The zero-order valence-electron chi connectivity index (χ0n) is 11.7. The van der Waals surface area contributed by atoms with Crippen LogP contribution in [0.4, 0.5) is 5.69 Å². The highest BCUT2D eigenvalue weighted by atomic mass is 35.5. The number of fused-ring (bicyclic) bond motifs is 1. The number of carboxylic acids is 1. The first kappa shape index (κ1) is 14.1. The molecule has 0 radical (unpaired) electrons. The number of hydrogen-bond donors (Lipinski definition) is 2. The molecule has 3 rings (SSSR count). The SMILES string of the molecule is CC1CCCCC1Nc1c(C(=O)O)c(Cl)nn2ccnc12. The molecule has 0 aromatic carbocycles. The van der Waals surface area contributed by atoms with Crippen molar-refractivity contribution in [3.8, 4) is 0 Å². The monoisotopic (exact) mass is 308 g/mol. The van der Waals surface area contributed by atoms with Gasteiger partial charge < -0.3 is 10.4 Å². The van der Waals surface area contributed by atoms with Gasteiger partial charge in [-0.3, -0.25) is 0 Å². The minimum absolute atomic E-state index is 0.00635. The fraction of sp³-hybridized carbons (Fsp3) is 0.500. The summed E-state index contributed by atoms with van der Waals surface area (Å²) in [5, 5.41) is 16.8. The smallest absolute Gasteiger partial charge is 0.341 e. The molecule has 2 unspecified atom stereocenters. The van der Waals surface area contributed by atoms with Gasteiger partial charge >= 0.3 is 5.97 Å². The van der Waals surface area contributed by atoms with E-state index < -0.39 is 5.97 Å². The third-order valence-corrected chi connectivity index (χ3v) is 4.42. The molecule has 7 heteroatoms. The number of nitrogens with zero attached hydrogens (tertiary/aromatic N) is 3. The molecule has 1 fully saturated rings. The quantitative estimate of drug-likeness (QED) is 0.911. The lowest BCUT2D eigenvalue weighted by molar-refractivity contribution is 0.0697. The molecule has 2 N–H and O–H groups in total. The van der Waals surface area contributed by atoms with Gasteiger partial charge in [0.05, 0.1) is 5.69 Å². The molecule has 0 spiro atoms. The van der Waals surface area contributed by atoms with Gasteiger partial charge in [-0.1, -0.05) is 31.4 Å². The Balaban J connectivity index is 2.08. The zero-order chi connectivity index (χ0) is 15.0. The van der Waals surface area contributed by atoms with Crippen LogP contribution < -0.4 is 5.32 Å². The van der Waals surface area contributed by atoms with Crippen LogP contribution in [0.1, 0.15) is 43.0 Å². The van der Waals surface area contributed by atoms with Crippen molar-refractivity contribution in [2.45, 2.75) is 38.6 Å². The number of nitrogens with one attached hydrogen (secondary N) is 1. The summed E-state index contributed by atoms with van der Waals surface area (Å²) in [5.41, 5.74) is 0.953. The molecule has 6 nitrogen and oxygen atoms in total. The number of aromatic nitrogens is 3. The van der Waals surface area contributed by atoms with Gasteiger partial charge in [0.1, 0.15) is 5.56 Å². The fourth-order valence-corrected chi connectivity index (χ4v) is 3.22. The van der Waals surface area contributed by atoms with Crippen molar-refractivity contribution in [3.05, 3.63) is 23.1 Å². The normalized spacial score (nSPS) is 22.4. The minimum atomic E-state index is -1.09. The molecule has 1 saturated carbocycles. The molecule has 0 bridgehead atoms. The third kappa shape index (κ3) is 2.55. The Morgan fingerprint density at radius 2 is 2.24 bits per heavy atom. The molecule has 112 valence electrons. The van der Waals surface area contributed by atoms with Crippen LogP contribution in [0.25, 0.3) is 5.65 Å². The first-order chi connectivity index (χ1) is 10.1. The second-order valence-electron chi connectivity index (χ2n) is 5.55. The van der Waals surface area contributed by atoms with Crippen LogP contribution in [-0.2, 0) is 0 Å². The van der Waals surface area contributed by atoms with E-state index in [1.165, 1.54) is 10.9 Å². The third-order valence-electron chi connectivity index (χ3n) is 4.15. The van der Waals surface area contributed by atoms with Crippen molar-refractivity contribution >= 4 is 28.9 Å². The second-order valence-corrected chi connectivity index (χ2v) is 5.91. The maximum atomic E-state index is 11.5. The highest BCUT2D eigenvalue weighted by Crippen LogP contribution is 2.32. The largest absolute Gasteiger partial charge is 0.477 e. The molecule has 0 amide bonds. The summed E-state index contributed by atoms with van der Waals surface area (Å²) in [6, 6.07) is 0.232. The van der Waals surface area contributed by atoms with Crippen molar-refractivity contribution < 1.29 is 9.90 Å². The number of imidazole rings is 1. The molecule has 0 aliphatic heterocycles. The van der Waals surface area contributed by atoms with Crippen LogP contribution >= 0.6 is 11.6 Å². The molecule has 2 aromatic rings. The Hall–Kier alpha value is -1.82. The summed E-state index contributed by atoms with van der Waals surface area (Å²) < 4.78 is 1.50. The topological polar surface area (TPSA) is 79.5 Å². The van der Waals surface area contributed by atoms with Gasteiger partial charge in [-0.25, -0.2) is 14.3 Å². The van der Waals surface area contributed by atoms with E-state index in [1.807, 2.05) is 0 Å². The summed E-state index contributed by atoms with van der Waals surface area (Å²) in [5.74, 6) is -0.605. The maximum Gasteiger partial charge on any atom is 0.341 e. The van der Waals surface area contributed by atoms with Gasteiger partial charge in [0, 0.05) is 18.4 Å². The number of carboxylic acid groups (broad SMARTS) is 1. The van der Waals surface area contributed by atoms with Crippen LogP contribution in [0.3, 0.4) is 0 Å². The Bertz CT molecular complexity index is 685. The Labute approximate surface area is 127 Å². The van der Waals surface area contributed by atoms with Crippen molar-refractivity contribution in [1.82, 2.24) is 14.6 Å². The summed E-state index contributed by atoms with van der Waals surface area (Å²) >= 11 is 6.03. The first-order valence-electron chi connectivity index (χ1n) is 7.10. The molecular weight excluding hydrogens is 292 g/mol. The average molecular weight is 309 g/mol. The van der Waals surface area contributed by atoms with Gasteiger partial charge in [0.2, 0.25) is 0 Å². The lowest BCUT2D eigenvalue weighted by Gasteiger charge is -2.30. The Morgan fingerprint density at radius 3 is 2.95 bits per heavy atom. The number of hydrogen-bond acceptors (Lipinski definition) is 4. The predicted molar refractivity (Wildman–Crippen MR) is 80.0 cm³/mol. The number of anilines is 1. The molecule has 1 aliphatic carbocycles. The standard InChI is InChI=1S/C14H17ClN4O2/c1-8-4-2-3-5-9(8)17-11-10(14(20)21)12(15)18-19-7-6-16-13(11)19/h6-9,17H,2-5H2,1H3,(H,20,21). The van der Waals surface area contributed by atoms with E-state index in [9.17, 15) is 9.90 Å². The molecule has 2 atom stereocenters. The van der Waals surface area contributed by atoms with E-state index in [-0.39, 0.29) is 16.8 Å². The van der Waals surface area contributed by atoms with Gasteiger partial charge in [-0.05, 0) is 18.8 Å². The van der Waals surface area contributed by atoms with E-state index in [0.29, 0.717) is 17.3 Å². The summed E-state index contributed by atoms with van der Waals surface area (Å²) in [4.78, 5) is 15.7. The minimum Gasteiger partial charge on any atom is -0.477 e. The number of rotatable bonds is 3. The van der Waals surface area contributed by atoms with E-state index in [4.69, 9.17) is 11.6 Å². The van der Waals surface area contributed by atoms with Crippen LogP contribution in [0, 0.1) is 5.92 Å². The number of aromatic carboxylic acids is 1. The van der Waals surface area contributed by atoms with Crippen LogP contribution in [0.15, 0.2) is 12.4 Å². The Morgan fingerprint density at radius 1 is 1.48 bits per heavy atom. The highest BCUT2D eigenvalue weighted by Gasteiger charge is 2.26. The fourth-order valence-electron chi connectivity index (χ4n) is 2.96. The zero-order valence-corrected chi connectivity index (χ0v) is 12.5. The van der Waals surface area contributed by atoms with Crippen molar-refractivity contribution in [3.63, 3.8) is 0 Å². The lowest BCUT2D eigenvalue weighted by atomic mass is 9.86. The van der Waals surface area contributed by atoms with Crippen LogP contribution in [0.2, 0.25) is 5.15 Å². The number of halogens is 1. The van der Waals surface area contributed by atoms with Crippen molar-refractivity contribution in [2.75, 3.05) is 5.32 Å². The van der Waals surface area contributed by atoms with E-state index in [1.54, 1.807) is 12.4 Å². The Kier molecular flexibility index (Phi) is 3.71. The predicted octanol–water partition coefficient (Wildman–Crippen LogP) is 3.07. The lowest BCUT2D eigenvalue weighted by Crippen LogP contribution is -2.31. The molecule has 21 heavy (non-hydrogen) atoms. The summed E-state index contributed by atoms with van der Waals surface area (Å²) in [6.07, 6.45) is 7.77. The second kappa shape index (κ2) is 5.52. The summed E-state index contributed by atoms with van der Waals surface area (Å²) in [6.45, 7) is 2.18. The average Bonchev–Trinajstić information content (AvgIpc) is 2.88. The van der Waals surface area contributed by atoms with Crippen molar-refractivity contribution in [2.24, 2.45) is 5.92 Å². The van der Waals surface area contributed by atoms with Crippen LogP contribution in [-0.4, -0.2) is 31.7 Å². The number of carbonyl (C=O) groups is 1. The summed E-state index contributed by atoms with van der Waals surface area (Å²) in [7, 11) is 0. The molecule has 0 saturated heterocycles. The van der Waals surface area contributed by atoms with Gasteiger partial charge in [-0.2, -0.15) is 5.10 Å². The van der Waals surface area contributed by atoms with Gasteiger partial charge in [0.25, 0.3) is 0 Å². The van der Waals surface area contributed by atoms with E-state index >= 15 is 0 Å². The van der Waals surface area contributed by atoms with Gasteiger partial charge in [-0.15, -0.1) is 0 Å². The van der Waals surface area contributed by atoms with E-state index in [2.05, 4.69) is 22.3 Å². The molecule has 2 heterocycles. The first-order valence-corrected chi connectivity index (χ1v) is 7.48. The molecule has 2 aromatic heterocycles. The van der Waals surface area contributed by atoms with E-state index in [0.717, 1.165) is 19.3 Å². The highest BCUT2D eigenvalue weighted by molar-refractivity contribution is 6.33. The maximum absolute atomic E-state index is 11.5.